The molecule has 6 nitrogen and oxygen atoms in total. The Bertz CT molecular complexity index is 804. The first-order valence-corrected chi connectivity index (χ1v) is 8.16. The van der Waals surface area contributed by atoms with Crippen LogP contribution >= 0.6 is 0 Å². The lowest BCUT2D eigenvalue weighted by molar-refractivity contribution is -0.143. The van der Waals surface area contributed by atoms with Crippen LogP contribution in [0.15, 0.2) is 30.5 Å². The molecule has 0 aliphatic carbocycles. The Balaban J connectivity index is 1.88. The molecule has 1 amide bonds. The average molecular weight is 368 g/mol. The number of benzene rings is 1. The van der Waals surface area contributed by atoms with E-state index in [9.17, 15) is 23.1 Å². The Labute approximate surface area is 148 Å². The van der Waals surface area contributed by atoms with Crippen LogP contribution in [0.25, 0.3) is 5.69 Å². The van der Waals surface area contributed by atoms with Crippen LogP contribution in [0.3, 0.4) is 0 Å². The predicted molar refractivity (Wildman–Crippen MR) is 88.0 cm³/mol. The van der Waals surface area contributed by atoms with Gasteiger partial charge in [-0.2, -0.15) is 18.3 Å². The van der Waals surface area contributed by atoms with Gasteiger partial charge in [0.15, 0.2) is 5.69 Å². The number of alkyl halides is 3. The summed E-state index contributed by atoms with van der Waals surface area (Å²) in [5, 5.41) is 18.9. The van der Waals surface area contributed by atoms with Crippen molar-refractivity contribution < 1.29 is 23.1 Å². The highest BCUT2D eigenvalue weighted by Gasteiger charge is 2.40. The number of amides is 1. The first-order valence-electron chi connectivity index (χ1n) is 8.16. The fraction of sp³-hybridized carbons (Fsp3) is 0.412. The van der Waals surface area contributed by atoms with Crippen molar-refractivity contribution in [3.8, 4) is 5.69 Å². The standard InChI is InChI=1S/C17H19F3N4O2/c1-10-3-2-4-12(5-10)24-15(17(18,19)20)13(8-23-24)16(26)22-7-11-6-21-9-14(11)25/h2-5,8,11,14,21,25H,6-7,9H2,1H3,(H,22,26). The topological polar surface area (TPSA) is 79.2 Å². The van der Waals surface area contributed by atoms with Gasteiger partial charge in [0.25, 0.3) is 5.91 Å². The zero-order valence-electron chi connectivity index (χ0n) is 14.0. The van der Waals surface area contributed by atoms with E-state index < -0.39 is 29.4 Å². The minimum atomic E-state index is -4.75. The van der Waals surface area contributed by atoms with Gasteiger partial charge < -0.3 is 15.7 Å². The van der Waals surface area contributed by atoms with E-state index in [4.69, 9.17) is 0 Å². The van der Waals surface area contributed by atoms with Crippen molar-refractivity contribution in [2.24, 2.45) is 5.92 Å². The van der Waals surface area contributed by atoms with Crippen LogP contribution in [0.2, 0.25) is 0 Å². The Morgan fingerprint density at radius 1 is 1.42 bits per heavy atom. The summed E-state index contributed by atoms with van der Waals surface area (Å²) in [4.78, 5) is 12.3. The second-order valence-electron chi connectivity index (χ2n) is 6.35. The number of carbonyl (C=O) groups is 1. The predicted octanol–water partition coefficient (Wildman–Crippen LogP) is 1.51. The highest BCUT2D eigenvalue weighted by atomic mass is 19.4. The van der Waals surface area contributed by atoms with Crippen molar-refractivity contribution in [1.82, 2.24) is 20.4 Å². The number of aromatic nitrogens is 2. The molecule has 0 bridgehead atoms. The molecular weight excluding hydrogens is 349 g/mol. The molecule has 140 valence electrons. The van der Waals surface area contributed by atoms with Crippen LogP contribution in [0.1, 0.15) is 21.6 Å². The molecule has 1 aliphatic heterocycles. The van der Waals surface area contributed by atoms with E-state index in [1.165, 1.54) is 6.07 Å². The van der Waals surface area contributed by atoms with Crippen molar-refractivity contribution in [3.63, 3.8) is 0 Å². The number of nitrogens with zero attached hydrogens (tertiary/aromatic N) is 2. The molecule has 1 aromatic carbocycles. The van der Waals surface area contributed by atoms with Crippen LogP contribution in [0.5, 0.6) is 0 Å². The molecule has 3 rings (SSSR count). The second-order valence-corrected chi connectivity index (χ2v) is 6.35. The largest absolute Gasteiger partial charge is 0.434 e. The van der Waals surface area contributed by atoms with E-state index >= 15 is 0 Å². The lowest BCUT2D eigenvalue weighted by Gasteiger charge is -2.15. The molecule has 0 spiro atoms. The van der Waals surface area contributed by atoms with Gasteiger partial charge in [0, 0.05) is 25.6 Å². The molecule has 0 radical (unpaired) electrons. The number of halogens is 3. The lowest BCUT2D eigenvalue weighted by atomic mass is 10.1. The van der Waals surface area contributed by atoms with E-state index in [-0.39, 0.29) is 18.2 Å². The van der Waals surface area contributed by atoms with Gasteiger partial charge in [-0.05, 0) is 24.6 Å². The third kappa shape index (κ3) is 3.73. The van der Waals surface area contributed by atoms with Crippen LogP contribution in [-0.4, -0.2) is 46.5 Å². The summed E-state index contributed by atoms with van der Waals surface area (Å²) in [6.45, 7) is 2.74. The molecule has 2 heterocycles. The Hall–Kier alpha value is -2.39. The molecule has 2 aromatic rings. The van der Waals surface area contributed by atoms with Crippen molar-refractivity contribution >= 4 is 5.91 Å². The van der Waals surface area contributed by atoms with Gasteiger partial charge in [0.2, 0.25) is 0 Å². The highest BCUT2D eigenvalue weighted by Crippen LogP contribution is 2.33. The molecule has 2 unspecified atom stereocenters. The van der Waals surface area contributed by atoms with Crippen molar-refractivity contribution in [1.29, 1.82) is 0 Å². The van der Waals surface area contributed by atoms with Crippen LogP contribution < -0.4 is 10.6 Å². The van der Waals surface area contributed by atoms with Crippen molar-refractivity contribution in [3.05, 3.63) is 47.3 Å². The summed E-state index contributed by atoms with van der Waals surface area (Å²) in [7, 11) is 0. The van der Waals surface area contributed by atoms with Crippen LogP contribution in [-0.2, 0) is 6.18 Å². The summed E-state index contributed by atoms with van der Waals surface area (Å²) >= 11 is 0. The van der Waals surface area contributed by atoms with E-state index in [1.54, 1.807) is 25.1 Å². The summed E-state index contributed by atoms with van der Waals surface area (Å²) in [6.07, 6.45) is -4.46. The number of hydrogen-bond donors (Lipinski definition) is 3. The summed E-state index contributed by atoms with van der Waals surface area (Å²) < 4.78 is 41.5. The molecule has 1 fully saturated rings. The molecule has 1 aromatic heterocycles. The average Bonchev–Trinajstić information content (AvgIpc) is 3.18. The Kier molecular flexibility index (Phi) is 5.01. The Morgan fingerprint density at radius 2 is 2.19 bits per heavy atom. The van der Waals surface area contributed by atoms with Gasteiger partial charge in [0.1, 0.15) is 0 Å². The lowest BCUT2D eigenvalue weighted by Crippen LogP contribution is -2.35. The van der Waals surface area contributed by atoms with Crippen molar-refractivity contribution in [2.75, 3.05) is 19.6 Å². The maximum atomic E-state index is 13.6. The zero-order chi connectivity index (χ0) is 18.9. The molecular formula is C17H19F3N4O2. The normalized spacial score (nSPS) is 20.3. The molecule has 2 atom stereocenters. The van der Waals surface area contributed by atoms with Gasteiger partial charge in [-0.3, -0.25) is 4.79 Å². The highest BCUT2D eigenvalue weighted by molar-refractivity contribution is 5.95. The second kappa shape index (κ2) is 7.08. The molecule has 0 saturated carbocycles. The number of hydrogen-bond acceptors (Lipinski definition) is 4. The third-order valence-corrected chi connectivity index (χ3v) is 4.36. The zero-order valence-corrected chi connectivity index (χ0v) is 14.0. The van der Waals surface area contributed by atoms with E-state index in [1.807, 2.05) is 0 Å². The first kappa shape index (κ1) is 18.4. The van der Waals surface area contributed by atoms with Gasteiger partial charge in [-0.15, -0.1) is 0 Å². The maximum Gasteiger partial charge on any atom is 0.434 e. The number of β-amino-alcohol motifs (C(OH)–C–C–N with tert-alkyl or cyclic N) is 1. The molecule has 26 heavy (non-hydrogen) atoms. The number of rotatable bonds is 4. The van der Waals surface area contributed by atoms with Crippen LogP contribution in [0, 0.1) is 12.8 Å². The molecule has 1 aliphatic rings. The first-order chi connectivity index (χ1) is 12.3. The minimum Gasteiger partial charge on any atom is -0.391 e. The SMILES string of the molecule is Cc1cccc(-n2ncc(C(=O)NCC3CNCC3O)c2C(F)(F)F)c1. The van der Waals surface area contributed by atoms with E-state index in [0.717, 1.165) is 16.4 Å². The summed E-state index contributed by atoms with van der Waals surface area (Å²) in [5.41, 5.74) is -0.656. The molecule has 1 saturated heterocycles. The Morgan fingerprint density at radius 3 is 2.81 bits per heavy atom. The molecule has 3 N–H and O–H groups in total. The summed E-state index contributed by atoms with van der Waals surface area (Å²) in [5.74, 6) is -1.10. The fourth-order valence-corrected chi connectivity index (χ4v) is 2.99. The minimum absolute atomic E-state index is 0.0833. The van der Waals surface area contributed by atoms with E-state index in [2.05, 4.69) is 15.7 Å². The van der Waals surface area contributed by atoms with Crippen molar-refractivity contribution in [2.45, 2.75) is 19.2 Å². The van der Waals surface area contributed by atoms with Crippen LogP contribution in [0.4, 0.5) is 13.2 Å². The number of carbonyl (C=O) groups excluding carboxylic acids is 1. The number of aliphatic hydroxyl groups is 1. The van der Waals surface area contributed by atoms with Gasteiger partial charge in [0.05, 0.1) is 23.6 Å². The van der Waals surface area contributed by atoms with Gasteiger partial charge in [-0.25, -0.2) is 4.68 Å². The van der Waals surface area contributed by atoms with Gasteiger partial charge >= 0.3 is 6.18 Å². The smallest absolute Gasteiger partial charge is 0.391 e. The fourth-order valence-electron chi connectivity index (χ4n) is 2.99. The van der Waals surface area contributed by atoms with Gasteiger partial charge in [-0.1, -0.05) is 12.1 Å². The maximum absolute atomic E-state index is 13.6. The third-order valence-electron chi connectivity index (χ3n) is 4.36. The monoisotopic (exact) mass is 368 g/mol. The number of aryl methyl sites for hydroxylation is 1. The number of aliphatic hydroxyl groups excluding tert-OH is 1. The quantitative estimate of drug-likeness (QED) is 0.764. The number of nitrogens with one attached hydrogen (secondary N) is 2. The molecule has 9 heteroatoms. The van der Waals surface area contributed by atoms with E-state index in [0.29, 0.717) is 13.1 Å². The summed E-state index contributed by atoms with van der Waals surface area (Å²) in [6, 6.07) is 6.44.